The Labute approximate surface area is 225 Å². The first kappa shape index (κ1) is 20.8. The minimum Gasteiger partial charge on any atom is -0.135 e. The van der Waals surface area contributed by atoms with Crippen molar-refractivity contribution in [3.05, 3.63) is 120 Å². The monoisotopic (exact) mass is 500 g/mol. The van der Waals surface area contributed by atoms with Crippen LogP contribution in [0.1, 0.15) is 25.0 Å². The molecule has 0 amide bonds. The van der Waals surface area contributed by atoms with Crippen LogP contribution >= 0.6 is 11.3 Å². The van der Waals surface area contributed by atoms with Gasteiger partial charge in [0, 0.05) is 25.6 Å². The summed E-state index contributed by atoms with van der Waals surface area (Å²) in [6, 6.07) is 41.2. The molecule has 0 spiro atoms. The highest BCUT2D eigenvalue weighted by atomic mass is 32.1. The molecular weight excluding hydrogens is 476 g/mol. The van der Waals surface area contributed by atoms with Crippen LogP contribution < -0.4 is 0 Å². The molecule has 0 aliphatic heterocycles. The molecule has 7 aromatic carbocycles. The van der Waals surface area contributed by atoms with Crippen LogP contribution in [0.4, 0.5) is 0 Å². The summed E-state index contributed by atoms with van der Waals surface area (Å²) >= 11 is 1.89. The van der Waals surface area contributed by atoms with Gasteiger partial charge in [0.05, 0.1) is 0 Å². The van der Waals surface area contributed by atoms with Crippen molar-refractivity contribution in [2.75, 3.05) is 0 Å². The van der Waals surface area contributed by atoms with E-state index in [1.807, 2.05) is 11.3 Å². The molecule has 0 saturated carbocycles. The van der Waals surface area contributed by atoms with Gasteiger partial charge in [-0.1, -0.05) is 105 Å². The first-order valence-electron chi connectivity index (χ1n) is 13.4. The Morgan fingerprint density at radius 2 is 1.21 bits per heavy atom. The van der Waals surface area contributed by atoms with Gasteiger partial charge in [-0.25, -0.2) is 0 Å². The predicted molar refractivity (Wildman–Crippen MR) is 166 cm³/mol. The fourth-order valence-corrected chi connectivity index (χ4v) is 8.34. The fraction of sp³-hybridized carbons (Fsp3) is 0.0811. The Morgan fingerprint density at radius 1 is 0.500 bits per heavy atom. The lowest BCUT2D eigenvalue weighted by molar-refractivity contribution is 0.661. The van der Waals surface area contributed by atoms with Crippen molar-refractivity contribution < 1.29 is 0 Å². The van der Waals surface area contributed by atoms with E-state index in [2.05, 4.69) is 123 Å². The highest BCUT2D eigenvalue weighted by Gasteiger charge is 2.36. The fourth-order valence-electron chi connectivity index (χ4n) is 7.20. The maximum absolute atomic E-state index is 2.46. The molecule has 0 bridgehead atoms. The van der Waals surface area contributed by atoms with Gasteiger partial charge in [0.1, 0.15) is 0 Å². The third-order valence-corrected chi connectivity index (χ3v) is 10.1. The van der Waals surface area contributed by atoms with Gasteiger partial charge in [-0.15, -0.1) is 11.3 Å². The highest BCUT2D eigenvalue weighted by molar-refractivity contribution is 7.25. The summed E-state index contributed by atoms with van der Waals surface area (Å²) in [6.45, 7) is 4.75. The van der Waals surface area contributed by atoms with Crippen LogP contribution in [-0.4, -0.2) is 0 Å². The molecular formula is C37H24S. The number of rotatable bonds is 1. The van der Waals surface area contributed by atoms with Crippen molar-refractivity contribution in [3.8, 4) is 22.3 Å². The van der Waals surface area contributed by atoms with Crippen molar-refractivity contribution >= 4 is 63.8 Å². The standard InChI is InChI=1S/C37H24S/c1-37(2)30-9-5-3-8-28(30)36-29-18-12-21-11-15-24(27-17-14-23(19-31(36)37)35(29)34(21)27)22-13-16-26-25-7-4-6-10-32(25)38-33(26)20-22/h3-20H,1-2H3. The molecule has 0 radical (unpaired) electrons. The minimum absolute atomic E-state index is 0.00119. The van der Waals surface area contributed by atoms with E-state index in [0.29, 0.717) is 0 Å². The normalized spacial score (nSPS) is 14.3. The highest BCUT2D eigenvalue weighted by Crippen LogP contribution is 2.53. The Kier molecular flexibility index (Phi) is 3.84. The zero-order chi connectivity index (χ0) is 25.2. The van der Waals surface area contributed by atoms with Crippen LogP contribution in [0.3, 0.4) is 0 Å². The van der Waals surface area contributed by atoms with Crippen molar-refractivity contribution in [2.24, 2.45) is 0 Å². The number of hydrogen-bond acceptors (Lipinski definition) is 1. The second-order valence-electron chi connectivity index (χ2n) is 11.3. The van der Waals surface area contributed by atoms with Crippen LogP contribution in [0.25, 0.3) is 74.7 Å². The molecule has 0 fully saturated rings. The zero-order valence-corrected chi connectivity index (χ0v) is 22.1. The van der Waals surface area contributed by atoms with Gasteiger partial charge in [0.25, 0.3) is 0 Å². The van der Waals surface area contributed by atoms with E-state index < -0.39 is 0 Å². The van der Waals surface area contributed by atoms with Gasteiger partial charge >= 0.3 is 0 Å². The summed E-state index contributed by atoms with van der Waals surface area (Å²) in [6.07, 6.45) is 0. The summed E-state index contributed by atoms with van der Waals surface area (Å²) < 4.78 is 2.71. The van der Waals surface area contributed by atoms with E-state index in [-0.39, 0.29) is 5.41 Å². The summed E-state index contributed by atoms with van der Waals surface area (Å²) in [5, 5.41) is 10.9. The number of fused-ring (bicyclic) bond motifs is 7. The van der Waals surface area contributed by atoms with E-state index in [4.69, 9.17) is 0 Å². The average Bonchev–Trinajstić information content (AvgIpc) is 3.43. The second kappa shape index (κ2) is 7.01. The maximum atomic E-state index is 2.46. The van der Waals surface area contributed by atoms with E-state index in [1.54, 1.807) is 0 Å². The molecule has 1 heterocycles. The summed E-state index contributed by atoms with van der Waals surface area (Å²) in [5.74, 6) is 0. The summed E-state index contributed by atoms with van der Waals surface area (Å²) in [4.78, 5) is 0. The number of thiophene rings is 1. The van der Waals surface area contributed by atoms with E-state index >= 15 is 0 Å². The van der Waals surface area contributed by atoms with Crippen molar-refractivity contribution in [1.29, 1.82) is 0 Å². The van der Waals surface area contributed by atoms with Gasteiger partial charge in [0.15, 0.2) is 0 Å². The van der Waals surface area contributed by atoms with E-state index in [9.17, 15) is 0 Å². The first-order chi connectivity index (χ1) is 18.6. The largest absolute Gasteiger partial charge is 0.135 e. The summed E-state index contributed by atoms with van der Waals surface area (Å²) in [5.41, 5.74) is 8.29. The number of hydrogen-bond donors (Lipinski definition) is 0. The molecule has 0 N–H and O–H groups in total. The molecule has 1 heteroatoms. The molecule has 1 aliphatic rings. The van der Waals surface area contributed by atoms with Crippen molar-refractivity contribution in [1.82, 2.24) is 0 Å². The van der Waals surface area contributed by atoms with Crippen LogP contribution in [0.5, 0.6) is 0 Å². The van der Waals surface area contributed by atoms with Gasteiger partial charge < -0.3 is 0 Å². The lowest BCUT2D eigenvalue weighted by Gasteiger charge is -2.23. The third kappa shape index (κ3) is 2.50. The molecule has 0 saturated heterocycles. The van der Waals surface area contributed by atoms with Gasteiger partial charge in [-0.05, 0) is 83.9 Å². The van der Waals surface area contributed by atoms with Crippen LogP contribution in [0, 0.1) is 0 Å². The lowest BCUT2D eigenvalue weighted by Crippen LogP contribution is -2.14. The SMILES string of the molecule is CC1(C)c2ccccc2-c2c1cc1ccc3c(-c4ccc5c(c4)sc4ccccc45)ccc4ccc2c1c43. The molecule has 0 atom stereocenters. The van der Waals surface area contributed by atoms with Crippen molar-refractivity contribution in [2.45, 2.75) is 19.3 Å². The number of benzene rings is 7. The lowest BCUT2D eigenvalue weighted by atomic mass is 9.80. The maximum Gasteiger partial charge on any atom is 0.0361 e. The quantitative estimate of drug-likeness (QED) is 0.197. The zero-order valence-electron chi connectivity index (χ0n) is 21.3. The van der Waals surface area contributed by atoms with E-state index in [0.717, 1.165) is 0 Å². The van der Waals surface area contributed by atoms with Crippen LogP contribution in [0.15, 0.2) is 109 Å². The Bertz CT molecular complexity index is 2260. The molecule has 9 rings (SSSR count). The molecule has 38 heavy (non-hydrogen) atoms. The predicted octanol–water partition coefficient (Wildman–Crippen LogP) is 10.9. The van der Waals surface area contributed by atoms with Crippen molar-refractivity contribution in [3.63, 3.8) is 0 Å². The van der Waals surface area contributed by atoms with Gasteiger partial charge in [-0.2, -0.15) is 0 Å². The van der Waals surface area contributed by atoms with Crippen LogP contribution in [0.2, 0.25) is 0 Å². The molecule has 0 nitrogen and oxygen atoms in total. The smallest absolute Gasteiger partial charge is 0.0361 e. The van der Waals surface area contributed by atoms with Gasteiger partial charge in [-0.3, -0.25) is 0 Å². The Balaban J connectivity index is 1.36. The molecule has 0 unspecified atom stereocenters. The first-order valence-corrected chi connectivity index (χ1v) is 14.2. The van der Waals surface area contributed by atoms with E-state index in [1.165, 1.54) is 85.9 Å². The second-order valence-corrected chi connectivity index (χ2v) is 12.4. The Hall–Kier alpha value is -4.20. The summed E-state index contributed by atoms with van der Waals surface area (Å²) in [7, 11) is 0. The molecule has 1 aliphatic carbocycles. The topological polar surface area (TPSA) is 0 Å². The van der Waals surface area contributed by atoms with Crippen LogP contribution in [-0.2, 0) is 5.41 Å². The Morgan fingerprint density at radius 3 is 2.16 bits per heavy atom. The molecule has 8 aromatic rings. The minimum atomic E-state index is 0.00119. The molecule has 1 aromatic heterocycles. The average molecular weight is 501 g/mol. The van der Waals surface area contributed by atoms with Gasteiger partial charge in [0.2, 0.25) is 0 Å². The molecule has 178 valence electrons. The third-order valence-electron chi connectivity index (χ3n) is 9.02.